The van der Waals surface area contributed by atoms with E-state index < -0.39 is 40.2 Å². The molecule has 1 aromatic carbocycles. The SMILES string of the molecule is O=P(Cl)(Cl)c1c(F)c(F)c(F)c(F)c1F. The van der Waals surface area contributed by atoms with Gasteiger partial charge in [-0.25, -0.2) is 22.0 Å². The van der Waals surface area contributed by atoms with Gasteiger partial charge >= 0.3 is 0 Å². The maximum absolute atomic E-state index is 12.8. The highest BCUT2D eigenvalue weighted by Crippen LogP contribution is 2.56. The summed E-state index contributed by atoms with van der Waals surface area (Å²) < 4.78 is 74.1. The van der Waals surface area contributed by atoms with Crippen LogP contribution in [0.2, 0.25) is 0 Å². The molecule has 0 unspecified atom stereocenters. The lowest BCUT2D eigenvalue weighted by Gasteiger charge is -2.07. The van der Waals surface area contributed by atoms with Crippen molar-refractivity contribution < 1.29 is 26.5 Å². The molecule has 0 aliphatic rings. The second kappa shape index (κ2) is 3.92. The molecule has 0 aromatic heterocycles. The normalized spacial score (nSPS) is 11.9. The van der Waals surface area contributed by atoms with E-state index in [1.54, 1.807) is 0 Å². The second-order valence-electron chi connectivity index (χ2n) is 2.38. The molecule has 0 fully saturated rings. The summed E-state index contributed by atoms with van der Waals surface area (Å²) in [5, 5.41) is -1.71. The summed E-state index contributed by atoms with van der Waals surface area (Å²) in [7, 11) is 0. The third-order valence-corrected chi connectivity index (χ3v) is 3.37. The molecule has 1 aromatic rings. The van der Waals surface area contributed by atoms with Crippen molar-refractivity contribution in [1.82, 2.24) is 0 Å². The van der Waals surface area contributed by atoms with Crippen LogP contribution >= 0.6 is 28.3 Å². The van der Waals surface area contributed by atoms with Crippen LogP contribution in [0.15, 0.2) is 0 Å². The van der Waals surface area contributed by atoms with Gasteiger partial charge in [0, 0.05) is 0 Å². The van der Waals surface area contributed by atoms with E-state index in [1.165, 1.54) is 0 Å². The molecule has 84 valence electrons. The molecule has 0 saturated heterocycles. The van der Waals surface area contributed by atoms with Gasteiger partial charge in [-0.15, -0.1) is 0 Å². The second-order valence-corrected chi connectivity index (χ2v) is 7.13. The first-order valence-electron chi connectivity index (χ1n) is 3.19. The zero-order valence-corrected chi connectivity index (χ0v) is 8.91. The van der Waals surface area contributed by atoms with E-state index >= 15 is 0 Å². The fraction of sp³-hybridized carbons (Fsp3) is 0. The summed E-state index contributed by atoms with van der Waals surface area (Å²) >= 11 is 9.70. The highest BCUT2D eigenvalue weighted by molar-refractivity contribution is 8.13. The third-order valence-electron chi connectivity index (χ3n) is 1.45. The van der Waals surface area contributed by atoms with Gasteiger partial charge in [-0.2, -0.15) is 0 Å². The van der Waals surface area contributed by atoms with Crippen LogP contribution in [0.5, 0.6) is 0 Å². The lowest BCUT2D eigenvalue weighted by molar-refractivity contribution is 0.384. The fourth-order valence-electron chi connectivity index (χ4n) is 0.822. The van der Waals surface area contributed by atoms with Crippen LogP contribution in [0.1, 0.15) is 0 Å². The number of benzene rings is 1. The molecule has 0 bridgehead atoms. The summed E-state index contributed by atoms with van der Waals surface area (Å²) in [5.74, 6) is -16.1. The number of hydrogen-bond donors (Lipinski definition) is 0. The number of halogens is 7. The van der Waals surface area contributed by atoms with Gasteiger partial charge in [0.1, 0.15) is 5.30 Å². The monoisotopic (exact) mass is 284 g/mol. The Morgan fingerprint density at radius 1 is 0.733 bits per heavy atom. The summed E-state index contributed by atoms with van der Waals surface area (Å²) in [5.41, 5.74) is 0. The molecule has 0 heterocycles. The highest BCUT2D eigenvalue weighted by atomic mass is 35.9. The van der Waals surface area contributed by atoms with Crippen molar-refractivity contribution >= 4 is 33.6 Å². The molecule has 1 nitrogen and oxygen atoms in total. The van der Waals surface area contributed by atoms with Gasteiger partial charge in [-0.1, -0.05) is 0 Å². The minimum atomic E-state index is -4.62. The van der Waals surface area contributed by atoms with Gasteiger partial charge in [0.25, 0.3) is 5.85 Å². The Kier molecular flexibility index (Phi) is 3.33. The van der Waals surface area contributed by atoms with E-state index in [1.807, 2.05) is 0 Å². The average molecular weight is 285 g/mol. The van der Waals surface area contributed by atoms with E-state index in [0.29, 0.717) is 0 Å². The molecule has 0 aliphatic heterocycles. The van der Waals surface area contributed by atoms with Gasteiger partial charge < -0.3 is 0 Å². The van der Waals surface area contributed by atoms with Crippen LogP contribution in [0, 0.1) is 29.1 Å². The maximum atomic E-state index is 12.8. The molecule has 0 N–H and O–H groups in total. The Morgan fingerprint density at radius 2 is 1.00 bits per heavy atom. The molecule has 0 spiro atoms. The minimum absolute atomic E-state index is 1.71. The Morgan fingerprint density at radius 3 is 1.27 bits per heavy atom. The largest absolute Gasteiger partial charge is 0.288 e. The van der Waals surface area contributed by atoms with Crippen LogP contribution in [-0.4, -0.2) is 0 Å². The molecule has 0 amide bonds. The molecule has 0 radical (unpaired) electrons. The van der Waals surface area contributed by atoms with Crippen LogP contribution < -0.4 is 5.30 Å². The first-order chi connectivity index (χ1) is 6.68. The molecule has 0 saturated carbocycles. The molecular formula is C6Cl2F5OP. The van der Waals surface area contributed by atoms with Crippen LogP contribution in [0.4, 0.5) is 22.0 Å². The molecule has 9 heteroatoms. The predicted octanol–water partition coefficient (Wildman–Crippen LogP) is 3.68. The van der Waals surface area contributed by atoms with Gasteiger partial charge in [0.2, 0.25) is 5.82 Å². The van der Waals surface area contributed by atoms with Crippen LogP contribution in [-0.2, 0) is 4.57 Å². The van der Waals surface area contributed by atoms with Crippen LogP contribution in [0.25, 0.3) is 0 Å². The highest BCUT2D eigenvalue weighted by Gasteiger charge is 2.34. The van der Waals surface area contributed by atoms with E-state index in [-0.39, 0.29) is 0 Å². The van der Waals surface area contributed by atoms with Crippen molar-refractivity contribution in [3.05, 3.63) is 29.1 Å². The summed E-state index contributed by atoms with van der Waals surface area (Å²) in [6, 6.07) is 0. The molecule has 15 heavy (non-hydrogen) atoms. The summed E-state index contributed by atoms with van der Waals surface area (Å²) in [6.07, 6.45) is 0. The maximum Gasteiger partial charge on any atom is 0.288 e. The van der Waals surface area contributed by atoms with Gasteiger partial charge in [-0.3, -0.25) is 4.57 Å². The third kappa shape index (κ3) is 2.12. The number of hydrogen-bond acceptors (Lipinski definition) is 1. The molecular weight excluding hydrogens is 285 g/mol. The Bertz CT molecular complexity index is 442. The zero-order valence-electron chi connectivity index (χ0n) is 6.50. The van der Waals surface area contributed by atoms with Crippen LogP contribution in [0.3, 0.4) is 0 Å². The van der Waals surface area contributed by atoms with E-state index in [4.69, 9.17) is 22.5 Å². The van der Waals surface area contributed by atoms with Crippen molar-refractivity contribution in [3.63, 3.8) is 0 Å². The topological polar surface area (TPSA) is 17.1 Å². The quantitative estimate of drug-likeness (QED) is 0.333. The van der Waals surface area contributed by atoms with Gasteiger partial charge in [-0.05, 0) is 22.5 Å². The summed E-state index contributed by atoms with van der Waals surface area (Å²) in [6.45, 7) is 0. The van der Waals surface area contributed by atoms with E-state index in [0.717, 1.165) is 0 Å². The standard InChI is InChI=1S/C6Cl2F5OP/c7-15(8,14)6-4(12)2(10)1(9)3(11)5(6)13. The van der Waals surface area contributed by atoms with Gasteiger partial charge in [0.05, 0.1) is 0 Å². The smallest absolute Gasteiger partial charge is 0.284 e. The zero-order chi connectivity index (χ0) is 12.0. The van der Waals surface area contributed by atoms with Crippen molar-refractivity contribution in [2.45, 2.75) is 0 Å². The van der Waals surface area contributed by atoms with Crippen molar-refractivity contribution in [2.24, 2.45) is 0 Å². The van der Waals surface area contributed by atoms with Crippen molar-refractivity contribution in [3.8, 4) is 0 Å². The lowest BCUT2D eigenvalue weighted by Crippen LogP contribution is -2.17. The lowest BCUT2D eigenvalue weighted by atomic mass is 10.3. The van der Waals surface area contributed by atoms with Crippen molar-refractivity contribution in [1.29, 1.82) is 0 Å². The Labute approximate surface area is 89.7 Å². The molecule has 0 aliphatic carbocycles. The first-order valence-corrected chi connectivity index (χ1v) is 6.71. The Balaban J connectivity index is 3.76. The fourth-order valence-corrected chi connectivity index (χ4v) is 2.37. The number of rotatable bonds is 1. The average Bonchev–Trinajstić information content (AvgIpc) is 2.09. The minimum Gasteiger partial charge on any atom is -0.284 e. The summed E-state index contributed by atoms with van der Waals surface area (Å²) in [4.78, 5) is 0. The predicted molar refractivity (Wildman–Crippen MR) is 45.2 cm³/mol. The first kappa shape index (κ1) is 12.7. The molecule has 1 rings (SSSR count). The Hall–Kier alpha value is -0.320. The molecule has 0 atom stereocenters. The van der Waals surface area contributed by atoms with Crippen molar-refractivity contribution in [2.75, 3.05) is 0 Å². The van der Waals surface area contributed by atoms with E-state index in [2.05, 4.69) is 0 Å². The van der Waals surface area contributed by atoms with Gasteiger partial charge in [0.15, 0.2) is 23.3 Å². The van der Waals surface area contributed by atoms with E-state index in [9.17, 15) is 26.5 Å².